The molecule has 1 N–H and O–H groups in total. The van der Waals surface area contributed by atoms with E-state index in [1.165, 1.54) is 12.1 Å². The maximum atomic E-state index is 12.4. The van der Waals surface area contributed by atoms with Gasteiger partial charge in [0.2, 0.25) is 0 Å². The third kappa shape index (κ3) is 4.73. The van der Waals surface area contributed by atoms with Gasteiger partial charge in [0.05, 0.1) is 11.6 Å². The molecule has 0 unspecified atom stereocenters. The van der Waals surface area contributed by atoms with Gasteiger partial charge in [-0.2, -0.15) is 0 Å². The summed E-state index contributed by atoms with van der Waals surface area (Å²) in [7, 11) is 1.61. The van der Waals surface area contributed by atoms with Crippen molar-refractivity contribution in [1.29, 1.82) is 0 Å². The highest BCUT2D eigenvalue weighted by Gasteiger charge is 2.17. The van der Waals surface area contributed by atoms with Crippen LogP contribution in [0.1, 0.15) is 24.2 Å². The number of hydrogen-bond acceptors (Lipinski definition) is 3. The van der Waals surface area contributed by atoms with Crippen LogP contribution in [0.15, 0.2) is 18.2 Å². The molecule has 0 bridgehead atoms. The molecule has 1 rings (SSSR count). The number of phenolic OH excluding ortho intramolecular Hbond substituents is 1. The number of rotatable bonds is 6. The van der Waals surface area contributed by atoms with Gasteiger partial charge in [-0.3, -0.25) is 4.79 Å². The van der Waals surface area contributed by atoms with Crippen molar-refractivity contribution in [2.75, 3.05) is 26.8 Å². The molecule has 1 amide bonds. The summed E-state index contributed by atoms with van der Waals surface area (Å²) in [5.41, 5.74) is 0.472. The quantitative estimate of drug-likeness (QED) is 0.874. The van der Waals surface area contributed by atoms with Crippen LogP contribution in [0.2, 0.25) is 5.02 Å². The molecule has 1 aromatic carbocycles. The number of phenols is 1. The number of nitrogens with zero attached hydrogens (tertiary/aromatic N) is 1. The molecule has 0 spiro atoms. The van der Waals surface area contributed by atoms with E-state index in [1.807, 2.05) is 0 Å². The monoisotopic (exact) mass is 285 g/mol. The van der Waals surface area contributed by atoms with E-state index in [2.05, 4.69) is 13.8 Å². The fraction of sp³-hybridized carbons (Fsp3) is 0.500. The van der Waals surface area contributed by atoms with Crippen molar-refractivity contribution in [2.45, 2.75) is 13.8 Å². The first-order valence-electron chi connectivity index (χ1n) is 6.22. The van der Waals surface area contributed by atoms with E-state index in [9.17, 15) is 9.90 Å². The van der Waals surface area contributed by atoms with Crippen LogP contribution in [0.3, 0.4) is 0 Å². The molecule has 19 heavy (non-hydrogen) atoms. The van der Waals surface area contributed by atoms with Crippen molar-refractivity contribution in [1.82, 2.24) is 4.90 Å². The molecule has 4 nitrogen and oxygen atoms in total. The second-order valence-corrected chi connectivity index (χ2v) is 5.21. The van der Waals surface area contributed by atoms with Crippen molar-refractivity contribution in [3.8, 4) is 5.75 Å². The number of aromatic hydroxyl groups is 1. The maximum Gasteiger partial charge on any atom is 0.253 e. The van der Waals surface area contributed by atoms with Crippen LogP contribution in [0.25, 0.3) is 0 Å². The van der Waals surface area contributed by atoms with E-state index in [-0.39, 0.29) is 16.7 Å². The lowest BCUT2D eigenvalue weighted by Gasteiger charge is -2.24. The topological polar surface area (TPSA) is 49.8 Å². The molecule has 0 radical (unpaired) electrons. The van der Waals surface area contributed by atoms with Crippen molar-refractivity contribution in [3.05, 3.63) is 28.8 Å². The van der Waals surface area contributed by atoms with Crippen molar-refractivity contribution in [3.63, 3.8) is 0 Å². The van der Waals surface area contributed by atoms with Gasteiger partial charge in [0.1, 0.15) is 5.75 Å². The minimum atomic E-state index is -0.104. The average Bonchev–Trinajstić information content (AvgIpc) is 2.36. The van der Waals surface area contributed by atoms with E-state index in [0.29, 0.717) is 31.2 Å². The van der Waals surface area contributed by atoms with Crippen LogP contribution < -0.4 is 0 Å². The molecule has 0 aliphatic heterocycles. The SMILES string of the molecule is COCCN(CC(C)C)C(=O)c1ccc(O)c(Cl)c1. The standard InChI is InChI=1S/C14H20ClNO3/c1-10(2)9-16(6-7-19-3)14(18)11-4-5-13(17)12(15)8-11/h4-5,8,10,17H,6-7,9H2,1-3H3. The Morgan fingerprint density at radius 2 is 2.16 bits per heavy atom. The van der Waals surface area contributed by atoms with Crippen LogP contribution in [-0.2, 0) is 4.74 Å². The molecule has 0 atom stereocenters. The third-order valence-electron chi connectivity index (χ3n) is 2.63. The summed E-state index contributed by atoms with van der Waals surface area (Å²) < 4.78 is 5.02. The van der Waals surface area contributed by atoms with Crippen molar-refractivity contribution >= 4 is 17.5 Å². The third-order valence-corrected chi connectivity index (χ3v) is 2.94. The van der Waals surface area contributed by atoms with Crippen LogP contribution in [-0.4, -0.2) is 42.7 Å². The predicted octanol–water partition coefficient (Wildman–Crippen LogP) is 2.79. The van der Waals surface area contributed by atoms with Gasteiger partial charge in [-0.05, 0) is 24.1 Å². The summed E-state index contributed by atoms with van der Waals surface area (Å²) >= 11 is 5.83. The fourth-order valence-corrected chi connectivity index (χ4v) is 1.92. The zero-order valence-electron chi connectivity index (χ0n) is 11.5. The van der Waals surface area contributed by atoms with Gasteiger partial charge in [-0.25, -0.2) is 0 Å². The molecule has 0 aromatic heterocycles. The van der Waals surface area contributed by atoms with Gasteiger partial charge < -0.3 is 14.7 Å². The highest BCUT2D eigenvalue weighted by molar-refractivity contribution is 6.32. The minimum absolute atomic E-state index is 0.0227. The Kier molecular flexibility index (Phi) is 6.12. The first-order chi connectivity index (χ1) is 8.95. The summed E-state index contributed by atoms with van der Waals surface area (Å²) in [6, 6.07) is 4.49. The Balaban J connectivity index is 2.87. The largest absolute Gasteiger partial charge is 0.506 e. The molecule has 0 aliphatic carbocycles. The lowest BCUT2D eigenvalue weighted by atomic mass is 10.1. The zero-order valence-corrected chi connectivity index (χ0v) is 12.3. The first-order valence-corrected chi connectivity index (χ1v) is 6.60. The summed E-state index contributed by atoms with van der Waals surface area (Å²) in [4.78, 5) is 14.1. The highest BCUT2D eigenvalue weighted by Crippen LogP contribution is 2.24. The number of amides is 1. The molecule has 0 aliphatic rings. The lowest BCUT2D eigenvalue weighted by molar-refractivity contribution is 0.0672. The van der Waals surface area contributed by atoms with Gasteiger partial charge in [0.15, 0.2) is 0 Å². The second kappa shape index (κ2) is 7.36. The van der Waals surface area contributed by atoms with Crippen molar-refractivity contribution in [2.24, 2.45) is 5.92 Å². The molecular weight excluding hydrogens is 266 g/mol. The van der Waals surface area contributed by atoms with E-state index >= 15 is 0 Å². The van der Waals surface area contributed by atoms with E-state index < -0.39 is 0 Å². The molecule has 0 fully saturated rings. The number of benzene rings is 1. The first kappa shape index (κ1) is 15.8. The summed E-state index contributed by atoms with van der Waals surface area (Å²) in [5, 5.41) is 9.56. The Morgan fingerprint density at radius 3 is 2.68 bits per heavy atom. The number of halogens is 1. The Morgan fingerprint density at radius 1 is 1.47 bits per heavy atom. The van der Waals surface area contributed by atoms with Crippen LogP contribution in [0, 0.1) is 5.92 Å². The molecule has 106 valence electrons. The second-order valence-electron chi connectivity index (χ2n) is 4.80. The number of hydrogen-bond donors (Lipinski definition) is 1. The maximum absolute atomic E-state index is 12.4. The Labute approximate surface area is 118 Å². The van der Waals surface area contributed by atoms with E-state index in [1.54, 1.807) is 18.1 Å². The van der Waals surface area contributed by atoms with E-state index in [0.717, 1.165) is 0 Å². The number of ether oxygens (including phenoxy) is 1. The molecular formula is C14H20ClNO3. The van der Waals surface area contributed by atoms with Crippen molar-refractivity contribution < 1.29 is 14.6 Å². The summed E-state index contributed by atoms with van der Waals surface area (Å²) in [6.07, 6.45) is 0. The highest BCUT2D eigenvalue weighted by atomic mass is 35.5. The van der Waals surface area contributed by atoms with Crippen LogP contribution >= 0.6 is 11.6 Å². The fourth-order valence-electron chi connectivity index (χ4n) is 1.74. The van der Waals surface area contributed by atoms with Gasteiger partial charge in [0.25, 0.3) is 5.91 Å². The lowest BCUT2D eigenvalue weighted by Crippen LogP contribution is -2.36. The van der Waals surface area contributed by atoms with E-state index in [4.69, 9.17) is 16.3 Å². The zero-order chi connectivity index (χ0) is 14.4. The summed E-state index contributed by atoms with van der Waals surface area (Å²) in [5.74, 6) is 0.242. The number of carbonyl (C=O) groups excluding carboxylic acids is 1. The van der Waals surface area contributed by atoms with Crippen LogP contribution in [0.5, 0.6) is 5.75 Å². The number of carbonyl (C=O) groups is 1. The molecule has 0 saturated heterocycles. The minimum Gasteiger partial charge on any atom is -0.506 e. The average molecular weight is 286 g/mol. The smallest absolute Gasteiger partial charge is 0.253 e. The van der Waals surface area contributed by atoms with Gasteiger partial charge in [0, 0.05) is 25.8 Å². The molecule has 0 heterocycles. The molecule has 1 aromatic rings. The van der Waals surface area contributed by atoms with Gasteiger partial charge in [-0.1, -0.05) is 25.4 Å². The molecule has 5 heteroatoms. The Hall–Kier alpha value is -1.26. The molecule has 0 saturated carbocycles. The predicted molar refractivity (Wildman–Crippen MR) is 75.7 cm³/mol. The summed E-state index contributed by atoms with van der Waals surface area (Å²) in [6.45, 7) is 5.78. The van der Waals surface area contributed by atoms with Gasteiger partial charge in [-0.15, -0.1) is 0 Å². The Bertz CT molecular complexity index is 435. The van der Waals surface area contributed by atoms with Crippen LogP contribution in [0.4, 0.5) is 0 Å². The number of methoxy groups -OCH3 is 1. The van der Waals surface area contributed by atoms with Gasteiger partial charge >= 0.3 is 0 Å². The normalized spacial score (nSPS) is 10.8.